The van der Waals surface area contributed by atoms with Crippen molar-refractivity contribution in [3.8, 4) is 11.5 Å². The number of phenols is 1. The van der Waals surface area contributed by atoms with Crippen molar-refractivity contribution >= 4 is 11.6 Å². The summed E-state index contributed by atoms with van der Waals surface area (Å²) in [6.45, 7) is 0.156. The van der Waals surface area contributed by atoms with E-state index in [0.717, 1.165) is 0 Å². The topological polar surface area (TPSA) is 98.6 Å². The van der Waals surface area contributed by atoms with Crippen LogP contribution in [0.4, 0.5) is 5.69 Å². The molecular formula is C9H12N2O3. The summed E-state index contributed by atoms with van der Waals surface area (Å²) in [6.07, 6.45) is 0.120. The molecule has 0 aromatic heterocycles. The maximum absolute atomic E-state index is 10.4. The number of anilines is 1. The van der Waals surface area contributed by atoms with Crippen LogP contribution in [0.25, 0.3) is 0 Å². The molecule has 0 saturated carbocycles. The van der Waals surface area contributed by atoms with Gasteiger partial charge in [0.25, 0.3) is 0 Å². The van der Waals surface area contributed by atoms with Gasteiger partial charge in [-0.2, -0.15) is 0 Å². The highest BCUT2D eigenvalue weighted by atomic mass is 16.5. The molecule has 0 saturated heterocycles. The number of nitrogen functional groups attached to an aromatic ring is 1. The Morgan fingerprint density at radius 2 is 2.21 bits per heavy atom. The third kappa shape index (κ3) is 2.55. The van der Waals surface area contributed by atoms with Gasteiger partial charge in [-0.25, -0.2) is 0 Å². The highest BCUT2D eigenvalue weighted by Gasteiger charge is 2.04. The molecule has 1 amide bonds. The van der Waals surface area contributed by atoms with Crippen LogP contribution in [0.15, 0.2) is 18.2 Å². The van der Waals surface area contributed by atoms with Gasteiger partial charge in [-0.05, 0) is 12.1 Å². The van der Waals surface area contributed by atoms with Crippen molar-refractivity contribution in [3.05, 3.63) is 18.2 Å². The quantitative estimate of drug-likeness (QED) is 0.474. The Bertz CT molecular complexity index is 339. The number of ether oxygens (including phenoxy) is 1. The minimum Gasteiger partial charge on any atom is -0.506 e. The summed E-state index contributed by atoms with van der Waals surface area (Å²) in [4.78, 5) is 10.4. The standard InChI is InChI=1S/C9H12N2O3/c10-8(13)4-5-14-7-3-1-2-6(12)9(7)11/h1-3,12H,4-5,11H2,(H2,10,13). The Hall–Kier alpha value is -1.91. The number of phenolic OH excluding ortho intramolecular Hbond substituents is 1. The third-order valence-corrected chi connectivity index (χ3v) is 1.65. The lowest BCUT2D eigenvalue weighted by molar-refractivity contribution is -0.118. The first kappa shape index (κ1) is 10.2. The van der Waals surface area contributed by atoms with Crippen LogP contribution in [0.2, 0.25) is 0 Å². The largest absolute Gasteiger partial charge is 0.506 e. The van der Waals surface area contributed by atoms with Crippen molar-refractivity contribution in [1.82, 2.24) is 0 Å². The summed E-state index contributed by atoms with van der Waals surface area (Å²) in [6, 6.07) is 4.66. The first-order valence-electron chi connectivity index (χ1n) is 4.10. The molecule has 0 heterocycles. The van der Waals surface area contributed by atoms with Gasteiger partial charge in [-0.15, -0.1) is 0 Å². The minimum absolute atomic E-state index is 0.0402. The van der Waals surface area contributed by atoms with Gasteiger partial charge in [0.05, 0.1) is 13.0 Å². The summed E-state index contributed by atoms with van der Waals surface area (Å²) in [5, 5.41) is 9.21. The first-order chi connectivity index (χ1) is 6.61. The number of hydrogen-bond donors (Lipinski definition) is 3. The second-order valence-electron chi connectivity index (χ2n) is 2.75. The zero-order valence-electron chi connectivity index (χ0n) is 7.56. The number of nitrogens with two attached hydrogens (primary N) is 2. The van der Waals surface area contributed by atoms with Gasteiger partial charge in [-0.1, -0.05) is 6.07 Å². The molecule has 1 rings (SSSR count). The molecule has 5 heteroatoms. The van der Waals surface area contributed by atoms with Gasteiger partial charge >= 0.3 is 0 Å². The van der Waals surface area contributed by atoms with Crippen LogP contribution in [0.1, 0.15) is 6.42 Å². The lowest BCUT2D eigenvalue weighted by atomic mass is 10.3. The zero-order chi connectivity index (χ0) is 10.6. The van der Waals surface area contributed by atoms with E-state index in [9.17, 15) is 9.90 Å². The minimum atomic E-state index is -0.441. The number of rotatable bonds is 4. The van der Waals surface area contributed by atoms with Crippen LogP contribution < -0.4 is 16.2 Å². The number of carbonyl (C=O) groups excluding carboxylic acids is 1. The van der Waals surface area contributed by atoms with Crippen LogP contribution in [0.3, 0.4) is 0 Å². The fourth-order valence-corrected chi connectivity index (χ4v) is 0.920. The van der Waals surface area contributed by atoms with Gasteiger partial charge in [-0.3, -0.25) is 4.79 Å². The second kappa shape index (κ2) is 4.36. The smallest absolute Gasteiger partial charge is 0.220 e. The number of para-hydroxylation sites is 1. The molecule has 0 fully saturated rings. The summed E-state index contributed by atoms with van der Waals surface area (Å²) in [5.74, 6) is -0.128. The Morgan fingerprint density at radius 3 is 2.86 bits per heavy atom. The molecule has 1 aromatic carbocycles. The monoisotopic (exact) mass is 196 g/mol. The van der Waals surface area contributed by atoms with Crippen molar-refractivity contribution < 1.29 is 14.6 Å². The Kier molecular flexibility index (Phi) is 3.17. The van der Waals surface area contributed by atoms with E-state index in [4.69, 9.17) is 16.2 Å². The second-order valence-corrected chi connectivity index (χ2v) is 2.75. The molecule has 0 bridgehead atoms. The summed E-state index contributed by atoms with van der Waals surface area (Å²) in [7, 11) is 0. The van der Waals surface area contributed by atoms with Gasteiger partial charge in [0.2, 0.25) is 5.91 Å². The molecule has 0 aliphatic carbocycles. The van der Waals surface area contributed by atoms with Crippen LogP contribution in [0.5, 0.6) is 11.5 Å². The number of primary amides is 1. The van der Waals surface area contributed by atoms with Crippen molar-refractivity contribution in [2.24, 2.45) is 5.73 Å². The molecule has 0 radical (unpaired) electrons. The van der Waals surface area contributed by atoms with E-state index >= 15 is 0 Å². The number of amides is 1. The van der Waals surface area contributed by atoms with Crippen molar-refractivity contribution in [2.45, 2.75) is 6.42 Å². The van der Waals surface area contributed by atoms with Gasteiger partial charge in [0.15, 0.2) is 0 Å². The van der Waals surface area contributed by atoms with Crippen LogP contribution in [-0.4, -0.2) is 17.6 Å². The maximum Gasteiger partial charge on any atom is 0.220 e. The van der Waals surface area contributed by atoms with E-state index in [1.807, 2.05) is 0 Å². The summed E-state index contributed by atoms with van der Waals surface area (Å²) >= 11 is 0. The molecule has 0 unspecified atom stereocenters. The lowest BCUT2D eigenvalue weighted by Gasteiger charge is -2.08. The molecular weight excluding hydrogens is 184 g/mol. The van der Waals surface area contributed by atoms with E-state index in [0.29, 0.717) is 5.75 Å². The summed E-state index contributed by atoms with van der Waals surface area (Å²) in [5.41, 5.74) is 10.6. The molecule has 5 N–H and O–H groups in total. The highest BCUT2D eigenvalue weighted by Crippen LogP contribution is 2.29. The van der Waals surface area contributed by atoms with Crippen molar-refractivity contribution in [3.63, 3.8) is 0 Å². The predicted molar refractivity (Wildman–Crippen MR) is 51.8 cm³/mol. The Labute approximate surface area is 81.3 Å². The molecule has 0 spiro atoms. The number of benzene rings is 1. The third-order valence-electron chi connectivity index (χ3n) is 1.65. The van der Waals surface area contributed by atoms with Gasteiger partial charge < -0.3 is 21.3 Å². The van der Waals surface area contributed by atoms with E-state index in [1.54, 1.807) is 12.1 Å². The fraction of sp³-hybridized carbons (Fsp3) is 0.222. The van der Waals surface area contributed by atoms with Crippen molar-refractivity contribution in [1.29, 1.82) is 0 Å². The molecule has 1 aromatic rings. The Balaban J connectivity index is 2.59. The van der Waals surface area contributed by atoms with Crippen LogP contribution in [-0.2, 0) is 4.79 Å². The molecule has 0 atom stereocenters. The predicted octanol–water partition coefficient (Wildman–Crippen LogP) is 0.229. The molecule has 0 aliphatic heterocycles. The average Bonchev–Trinajstić information content (AvgIpc) is 2.12. The molecule has 5 nitrogen and oxygen atoms in total. The maximum atomic E-state index is 10.4. The molecule has 14 heavy (non-hydrogen) atoms. The number of carbonyl (C=O) groups is 1. The normalized spacial score (nSPS) is 9.71. The van der Waals surface area contributed by atoms with E-state index in [-0.39, 0.29) is 24.5 Å². The fourth-order valence-electron chi connectivity index (χ4n) is 0.920. The highest BCUT2D eigenvalue weighted by molar-refractivity contribution is 5.73. The van der Waals surface area contributed by atoms with Crippen LogP contribution >= 0.6 is 0 Å². The average molecular weight is 196 g/mol. The summed E-state index contributed by atoms with van der Waals surface area (Å²) < 4.78 is 5.14. The molecule has 76 valence electrons. The van der Waals surface area contributed by atoms with Crippen molar-refractivity contribution in [2.75, 3.05) is 12.3 Å². The number of aromatic hydroxyl groups is 1. The van der Waals surface area contributed by atoms with Gasteiger partial charge in [0.1, 0.15) is 17.2 Å². The van der Waals surface area contributed by atoms with Gasteiger partial charge in [0, 0.05) is 0 Å². The van der Waals surface area contributed by atoms with E-state index < -0.39 is 5.91 Å². The molecule has 0 aliphatic rings. The number of hydrogen-bond acceptors (Lipinski definition) is 4. The lowest BCUT2D eigenvalue weighted by Crippen LogP contribution is -2.14. The van der Waals surface area contributed by atoms with Crippen LogP contribution in [0, 0.1) is 0 Å². The van der Waals surface area contributed by atoms with E-state index in [2.05, 4.69) is 0 Å². The van der Waals surface area contributed by atoms with E-state index in [1.165, 1.54) is 6.07 Å². The zero-order valence-corrected chi connectivity index (χ0v) is 7.56. The first-order valence-corrected chi connectivity index (χ1v) is 4.10. The SMILES string of the molecule is NC(=O)CCOc1cccc(O)c1N. The Morgan fingerprint density at radius 1 is 1.50 bits per heavy atom.